The molecule has 11 nitrogen and oxygen atoms in total. The van der Waals surface area contributed by atoms with E-state index in [4.69, 9.17) is 15.3 Å². The van der Waals surface area contributed by atoms with Gasteiger partial charge < -0.3 is 10.1 Å². The number of hydrogen-bond donors (Lipinski definition) is 4. The molecule has 13 heteroatoms. The zero-order valence-corrected chi connectivity index (χ0v) is 21.2. The molecule has 0 saturated heterocycles. The zero-order chi connectivity index (χ0) is 25.9. The Bertz CT molecular complexity index is 1560. The summed E-state index contributed by atoms with van der Waals surface area (Å²) >= 11 is 1.20. The standard InChI is InChI=1S/C23H25N7O4S2/c1-14-20-21(24)30(16-5-7-17(34-2)8-6-16)23(27-22(20)29-28-14)35-13-19(31)26-12-11-15-3-9-18(10-4-15)36(25,32)33/h3-10,24H,11-13H2,1-2H3,(H,26,31)(H,28,29)(H2,25,32,33). The topological polar surface area (TPSA) is 169 Å². The highest BCUT2D eigenvalue weighted by atomic mass is 32.2. The Morgan fingerprint density at radius 1 is 1.19 bits per heavy atom. The second-order valence-corrected chi connectivity index (χ2v) is 10.4. The Kier molecular flexibility index (Phi) is 7.43. The molecule has 5 N–H and O–H groups in total. The number of nitrogens with zero attached hydrogens (tertiary/aromatic N) is 3. The zero-order valence-electron chi connectivity index (χ0n) is 19.6. The summed E-state index contributed by atoms with van der Waals surface area (Å²) in [5.74, 6) is 0.573. The number of primary sulfonamides is 1. The first-order valence-electron chi connectivity index (χ1n) is 10.9. The number of carbonyl (C=O) groups is 1. The molecule has 2 aromatic carbocycles. The molecule has 0 spiro atoms. The summed E-state index contributed by atoms with van der Waals surface area (Å²) in [5, 5.41) is 24.9. The van der Waals surface area contributed by atoms with Crippen LogP contribution in [0.2, 0.25) is 0 Å². The molecule has 0 aliphatic rings. The number of H-pyrrole nitrogens is 1. The number of fused-ring (bicyclic) bond motifs is 1. The number of ether oxygens (including phenoxy) is 1. The third-order valence-electron chi connectivity index (χ3n) is 5.43. The Hall–Kier alpha value is -3.68. The van der Waals surface area contributed by atoms with E-state index < -0.39 is 10.0 Å². The second kappa shape index (κ2) is 10.5. The maximum absolute atomic E-state index is 12.5. The van der Waals surface area contributed by atoms with Crippen LogP contribution in [0.25, 0.3) is 16.7 Å². The van der Waals surface area contributed by atoms with Crippen LogP contribution in [0.5, 0.6) is 5.75 Å². The average molecular weight is 528 g/mol. The van der Waals surface area contributed by atoms with Gasteiger partial charge in [-0.2, -0.15) is 5.10 Å². The van der Waals surface area contributed by atoms with E-state index in [1.54, 1.807) is 35.9 Å². The minimum absolute atomic E-state index is 0.0437. The fourth-order valence-corrected chi connectivity index (χ4v) is 4.92. The van der Waals surface area contributed by atoms with E-state index in [0.29, 0.717) is 40.6 Å². The van der Waals surface area contributed by atoms with Gasteiger partial charge in [-0.3, -0.25) is 19.9 Å². The van der Waals surface area contributed by atoms with E-state index >= 15 is 0 Å². The molecule has 0 bridgehead atoms. The summed E-state index contributed by atoms with van der Waals surface area (Å²) in [4.78, 5) is 17.2. The van der Waals surface area contributed by atoms with Gasteiger partial charge in [0.1, 0.15) is 11.2 Å². The number of nitrogens with one attached hydrogen (secondary N) is 3. The van der Waals surface area contributed by atoms with Crippen LogP contribution in [0.3, 0.4) is 0 Å². The Morgan fingerprint density at radius 2 is 1.89 bits per heavy atom. The second-order valence-electron chi connectivity index (χ2n) is 7.90. The molecule has 0 aliphatic carbocycles. The highest BCUT2D eigenvalue weighted by Crippen LogP contribution is 2.23. The first-order chi connectivity index (χ1) is 17.2. The van der Waals surface area contributed by atoms with Crippen molar-refractivity contribution >= 4 is 38.7 Å². The van der Waals surface area contributed by atoms with Crippen LogP contribution in [0, 0.1) is 12.3 Å². The lowest BCUT2D eigenvalue weighted by molar-refractivity contribution is -0.118. The first-order valence-corrected chi connectivity index (χ1v) is 13.4. The van der Waals surface area contributed by atoms with Gasteiger partial charge in [0.25, 0.3) is 0 Å². The molecule has 4 aromatic rings. The van der Waals surface area contributed by atoms with Crippen LogP contribution in [0.1, 0.15) is 11.3 Å². The van der Waals surface area contributed by atoms with Gasteiger partial charge in [-0.25, -0.2) is 18.5 Å². The van der Waals surface area contributed by atoms with Crippen molar-refractivity contribution in [3.63, 3.8) is 0 Å². The quantitative estimate of drug-likeness (QED) is 0.189. The fraction of sp³-hybridized carbons (Fsp3) is 0.217. The number of thioether (sulfide) groups is 1. The molecule has 0 unspecified atom stereocenters. The molecule has 4 rings (SSSR count). The lowest BCUT2D eigenvalue weighted by atomic mass is 10.1. The number of amides is 1. The number of nitrogens with two attached hydrogens (primary N) is 1. The van der Waals surface area contributed by atoms with Crippen LogP contribution in [0.4, 0.5) is 0 Å². The van der Waals surface area contributed by atoms with Gasteiger partial charge in [0, 0.05) is 17.9 Å². The normalized spacial score (nSPS) is 11.5. The molecule has 0 fully saturated rings. The lowest BCUT2D eigenvalue weighted by Crippen LogP contribution is -2.28. The van der Waals surface area contributed by atoms with Crippen molar-refractivity contribution in [1.82, 2.24) is 25.1 Å². The lowest BCUT2D eigenvalue weighted by Gasteiger charge is -2.14. The molecule has 188 valence electrons. The maximum Gasteiger partial charge on any atom is 0.238 e. The Labute approximate surface area is 211 Å². The van der Waals surface area contributed by atoms with Crippen molar-refractivity contribution in [3.8, 4) is 11.4 Å². The number of hydrogen-bond acceptors (Lipinski definition) is 8. The molecule has 1 amide bonds. The number of benzene rings is 2. The van der Waals surface area contributed by atoms with Crippen LogP contribution in [0.15, 0.2) is 58.6 Å². The number of aromatic nitrogens is 4. The average Bonchev–Trinajstić information content (AvgIpc) is 3.23. The van der Waals surface area contributed by atoms with Gasteiger partial charge in [-0.15, -0.1) is 0 Å². The van der Waals surface area contributed by atoms with E-state index in [0.717, 1.165) is 11.3 Å². The van der Waals surface area contributed by atoms with Gasteiger partial charge in [-0.1, -0.05) is 23.9 Å². The molecule has 2 heterocycles. The minimum atomic E-state index is -3.74. The largest absolute Gasteiger partial charge is 0.497 e. The number of aryl methyl sites for hydroxylation is 1. The number of carbonyl (C=O) groups excluding carboxylic acids is 1. The molecular weight excluding hydrogens is 502 g/mol. The van der Waals surface area contributed by atoms with E-state index in [1.165, 1.54) is 23.9 Å². The summed E-state index contributed by atoms with van der Waals surface area (Å²) in [6.07, 6.45) is 0.529. The van der Waals surface area contributed by atoms with Gasteiger partial charge in [0.15, 0.2) is 10.8 Å². The molecular formula is C23H25N7O4S2. The number of sulfonamides is 1. The van der Waals surface area contributed by atoms with E-state index in [2.05, 4.69) is 20.5 Å². The van der Waals surface area contributed by atoms with E-state index in [-0.39, 0.29) is 22.0 Å². The van der Waals surface area contributed by atoms with Gasteiger partial charge in [-0.05, 0) is 55.3 Å². The van der Waals surface area contributed by atoms with Crippen LogP contribution in [-0.2, 0) is 21.2 Å². The van der Waals surface area contributed by atoms with Crippen LogP contribution >= 0.6 is 11.8 Å². The Balaban J connectivity index is 1.46. The third kappa shape index (κ3) is 5.58. The number of methoxy groups -OCH3 is 1. The highest BCUT2D eigenvalue weighted by Gasteiger charge is 2.16. The predicted molar refractivity (Wildman–Crippen MR) is 136 cm³/mol. The SMILES string of the molecule is COc1ccc(-n2c(SCC(=O)NCCc3ccc(S(N)(=O)=O)cc3)nc3n[nH]c(C)c3c2=N)cc1. The summed E-state index contributed by atoms with van der Waals surface area (Å²) in [6, 6.07) is 13.5. The molecule has 0 saturated carbocycles. The summed E-state index contributed by atoms with van der Waals surface area (Å²) < 4.78 is 29.6. The first kappa shape index (κ1) is 25.4. The molecule has 0 radical (unpaired) electrons. The van der Waals surface area contributed by atoms with Crippen molar-refractivity contribution in [2.75, 3.05) is 19.4 Å². The van der Waals surface area contributed by atoms with E-state index in [9.17, 15) is 13.2 Å². The molecule has 36 heavy (non-hydrogen) atoms. The number of aromatic amines is 1. The number of rotatable bonds is 9. The fourth-order valence-electron chi connectivity index (χ4n) is 3.57. The predicted octanol–water partition coefficient (Wildman–Crippen LogP) is 1.64. The summed E-state index contributed by atoms with van der Waals surface area (Å²) in [7, 11) is -2.15. The van der Waals surface area contributed by atoms with Gasteiger partial charge >= 0.3 is 0 Å². The minimum Gasteiger partial charge on any atom is -0.497 e. The van der Waals surface area contributed by atoms with Crippen molar-refractivity contribution < 1.29 is 17.9 Å². The summed E-state index contributed by atoms with van der Waals surface area (Å²) in [5.41, 5.74) is 2.93. The van der Waals surface area contributed by atoms with Crippen molar-refractivity contribution in [2.24, 2.45) is 5.14 Å². The smallest absolute Gasteiger partial charge is 0.238 e. The van der Waals surface area contributed by atoms with Crippen LogP contribution in [-0.4, -0.2) is 53.5 Å². The molecule has 0 atom stereocenters. The third-order valence-corrected chi connectivity index (χ3v) is 7.30. The highest BCUT2D eigenvalue weighted by molar-refractivity contribution is 7.99. The van der Waals surface area contributed by atoms with Crippen molar-refractivity contribution in [3.05, 3.63) is 65.3 Å². The van der Waals surface area contributed by atoms with Crippen LogP contribution < -0.4 is 20.7 Å². The van der Waals surface area contributed by atoms with Crippen molar-refractivity contribution in [1.29, 1.82) is 5.41 Å². The monoisotopic (exact) mass is 527 g/mol. The summed E-state index contributed by atoms with van der Waals surface area (Å²) in [6.45, 7) is 2.21. The van der Waals surface area contributed by atoms with Crippen molar-refractivity contribution in [2.45, 2.75) is 23.4 Å². The Morgan fingerprint density at radius 3 is 2.53 bits per heavy atom. The van der Waals surface area contributed by atoms with E-state index in [1.807, 2.05) is 19.1 Å². The van der Waals surface area contributed by atoms with Gasteiger partial charge in [0.05, 0.1) is 23.1 Å². The van der Waals surface area contributed by atoms with Gasteiger partial charge in [0.2, 0.25) is 15.9 Å². The maximum atomic E-state index is 12.5. The molecule has 0 aliphatic heterocycles. The molecule has 2 aromatic heterocycles.